The van der Waals surface area contributed by atoms with Gasteiger partial charge in [0.05, 0.1) is 12.2 Å². The first-order valence-electron chi connectivity index (χ1n) is 12.9. The van der Waals surface area contributed by atoms with Crippen LogP contribution in [0.5, 0.6) is 5.75 Å². The Morgan fingerprint density at radius 2 is 1.76 bits per heavy atom. The second-order valence-electron chi connectivity index (χ2n) is 10.5. The number of hydrogen-bond donors (Lipinski definition) is 0. The molecule has 2 aromatic carbocycles. The highest BCUT2D eigenvalue weighted by Gasteiger charge is 2.39. The molecule has 0 unspecified atom stereocenters. The van der Waals surface area contributed by atoms with Crippen molar-refractivity contribution in [2.24, 2.45) is 5.92 Å². The number of carbonyl (C=O) groups excluding carboxylic acids is 1. The third kappa shape index (κ3) is 6.85. The summed E-state index contributed by atoms with van der Waals surface area (Å²) in [6, 6.07) is 17.2. The second kappa shape index (κ2) is 11.9. The van der Waals surface area contributed by atoms with Gasteiger partial charge in [-0.15, -0.1) is 0 Å². The highest BCUT2D eigenvalue weighted by atomic mass is 16.5. The number of aryl methyl sites for hydroxylation is 1. The maximum atomic E-state index is 12.9. The van der Waals surface area contributed by atoms with E-state index in [0.717, 1.165) is 43.7 Å². The number of amides is 1. The van der Waals surface area contributed by atoms with Crippen molar-refractivity contribution >= 4 is 5.91 Å². The normalized spacial score (nSPS) is 20.5. The highest BCUT2D eigenvalue weighted by molar-refractivity contribution is 5.75. The molecule has 0 bridgehead atoms. The van der Waals surface area contributed by atoms with E-state index in [-0.39, 0.29) is 23.5 Å². The number of hydrogen-bond acceptors (Lipinski definition) is 3. The van der Waals surface area contributed by atoms with Gasteiger partial charge in [0, 0.05) is 31.5 Å². The maximum absolute atomic E-state index is 12.9. The van der Waals surface area contributed by atoms with Crippen molar-refractivity contribution in [3.63, 3.8) is 0 Å². The van der Waals surface area contributed by atoms with Crippen molar-refractivity contribution in [1.29, 1.82) is 0 Å². The Morgan fingerprint density at radius 1 is 1.09 bits per heavy atom. The first kappa shape index (κ1) is 26.3. The van der Waals surface area contributed by atoms with Crippen molar-refractivity contribution in [2.45, 2.75) is 91.4 Å². The van der Waals surface area contributed by atoms with E-state index in [9.17, 15) is 4.79 Å². The lowest BCUT2D eigenvalue weighted by atomic mass is 9.68. The molecule has 0 N–H and O–H groups in total. The smallest absolute Gasteiger partial charge is 0.222 e. The van der Waals surface area contributed by atoms with E-state index in [1.165, 1.54) is 11.1 Å². The predicted octanol–water partition coefficient (Wildman–Crippen LogP) is 6.68. The van der Waals surface area contributed by atoms with Crippen LogP contribution in [0.3, 0.4) is 0 Å². The SMILES string of the molecule is CCC(=O)N(CC[C@@]1(c2ccc(C)cc2)CCO[C@@H](C(C)C)C1)Cc1ccc(OC(C)C)cc1. The van der Waals surface area contributed by atoms with Crippen LogP contribution in [0.25, 0.3) is 0 Å². The molecule has 3 rings (SSSR count). The van der Waals surface area contributed by atoms with Gasteiger partial charge in [0.25, 0.3) is 0 Å². The second-order valence-corrected chi connectivity index (χ2v) is 10.5. The Balaban J connectivity index is 1.79. The van der Waals surface area contributed by atoms with Gasteiger partial charge in [0.2, 0.25) is 5.91 Å². The average molecular weight is 466 g/mol. The standard InChI is InChI=1S/C30H43NO3/c1-7-29(32)31(21-25-10-14-27(15-11-25)34-23(4)5)18-16-30(26-12-8-24(6)9-13-26)17-19-33-28(20-30)22(2)3/h8-15,22-23,28H,7,16-21H2,1-6H3/t28-,30-/m1/s1. The zero-order valence-electron chi connectivity index (χ0n) is 22.0. The molecule has 1 aliphatic heterocycles. The van der Waals surface area contributed by atoms with E-state index < -0.39 is 0 Å². The van der Waals surface area contributed by atoms with Crippen LogP contribution in [0.1, 0.15) is 77.0 Å². The minimum Gasteiger partial charge on any atom is -0.491 e. The molecule has 4 nitrogen and oxygen atoms in total. The Kier molecular flexibility index (Phi) is 9.18. The molecule has 1 aliphatic rings. The summed E-state index contributed by atoms with van der Waals surface area (Å²) in [6.45, 7) is 14.8. The molecule has 0 spiro atoms. The molecule has 0 saturated carbocycles. The van der Waals surface area contributed by atoms with Crippen LogP contribution in [-0.4, -0.2) is 36.2 Å². The summed E-state index contributed by atoms with van der Waals surface area (Å²) < 4.78 is 11.9. The molecule has 4 heteroatoms. The summed E-state index contributed by atoms with van der Waals surface area (Å²) in [5.41, 5.74) is 3.82. The quantitative estimate of drug-likeness (QED) is 0.393. The molecule has 0 radical (unpaired) electrons. The molecule has 1 saturated heterocycles. The molecule has 1 heterocycles. The van der Waals surface area contributed by atoms with E-state index in [4.69, 9.17) is 9.47 Å². The molecule has 1 amide bonds. The topological polar surface area (TPSA) is 38.8 Å². The first-order valence-corrected chi connectivity index (χ1v) is 12.9. The molecule has 34 heavy (non-hydrogen) atoms. The molecule has 186 valence electrons. The van der Waals surface area contributed by atoms with E-state index in [2.05, 4.69) is 57.2 Å². The van der Waals surface area contributed by atoms with Crippen molar-refractivity contribution in [3.8, 4) is 5.75 Å². The van der Waals surface area contributed by atoms with Gasteiger partial charge in [0.1, 0.15) is 5.75 Å². The Bertz CT molecular complexity index is 904. The van der Waals surface area contributed by atoms with Crippen LogP contribution in [-0.2, 0) is 21.5 Å². The maximum Gasteiger partial charge on any atom is 0.222 e. The number of nitrogens with zero attached hydrogens (tertiary/aromatic N) is 1. The summed E-state index contributed by atoms with van der Waals surface area (Å²) in [7, 11) is 0. The van der Waals surface area contributed by atoms with Gasteiger partial charge in [-0.05, 0) is 69.2 Å². The molecule has 1 fully saturated rings. The monoisotopic (exact) mass is 465 g/mol. The average Bonchev–Trinajstić information content (AvgIpc) is 2.82. The summed E-state index contributed by atoms with van der Waals surface area (Å²) in [4.78, 5) is 15.0. The van der Waals surface area contributed by atoms with Gasteiger partial charge < -0.3 is 14.4 Å². The van der Waals surface area contributed by atoms with Gasteiger partial charge in [-0.2, -0.15) is 0 Å². The molecule has 0 aromatic heterocycles. The lowest BCUT2D eigenvalue weighted by Gasteiger charge is -2.44. The molecular formula is C30H43NO3. The van der Waals surface area contributed by atoms with Gasteiger partial charge in [0.15, 0.2) is 0 Å². The van der Waals surface area contributed by atoms with Crippen molar-refractivity contribution in [2.75, 3.05) is 13.2 Å². The van der Waals surface area contributed by atoms with Gasteiger partial charge in [-0.1, -0.05) is 62.7 Å². The molecule has 2 aromatic rings. The Labute approximate surface area is 206 Å². The van der Waals surface area contributed by atoms with Crippen LogP contribution < -0.4 is 4.74 Å². The first-order chi connectivity index (χ1) is 16.2. The molecule has 0 aliphatic carbocycles. The summed E-state index contributed by atoms with van der Waals surface area (Å²) in [6.07, 6.45) is 3.86. The third-order valence-corrected chi connectivity index (χ3v) is 7.10. The fourth-order valence-corrected chi connectivity index (χ4v) is 4.95. The highest BCUT2D eigenvalue weighted by Crippen LogP contribution is 2.42. The van der Waals surface area contributed by atoms with Gasteiger partial charge in [-0.3, -0.25) is 4.79 Å². The van der Waals surface area contributed by atoms with Crippen LogP contribution in [0.15, 0.2) is 48.5 Å². The zero-order valence-corrected chi connectivity index (χ0v) is 22.0. The van der Waals surface area contributed by atoms with E-state index >= 15 is 0 Å². The fraction of sp³-hybridized carbons (Fsp3) is 0.567. The van der Waals surface area contributed by atoms with Gasteiger partial charge in [-0.25, -0.2) is 0 Å². The largest absolute Gasteiger partial charge is 0.491 e. The third-order valence-electron chi connectivity index (χ3n) is 7.10. The van der Waals surface area contributed by atoms with Crippen LogP contribution in [0.4, 0.5) is 0 Å². The van der Waals surface area contributed by atoms with Crippen molar-refractivity contribution in [3.05, 3.63) is 65.2 Å². The van der Waals surface area contributed by atoms with E-state index in [0.29, 0.717) is 18.9 Å². The molecular weight excluding hydrogens is 422 g/mol. The van der Waals surface area contributed by atoms with Gasteiger partial charge >= 0.3 is 0 Å². The number of carbonyl (C=O) groups is 1. The van der Waals surface area contributed by atoms with Crippen LogP contribution in [0.2, 0.25) is 0 Å². The number of rotatable bonds is 10. The summed E-state index contributed by atoms with van der Waals surface area (Å²) in [5.74, 6) is 1.55. The Hall–Kier alpha value is -2.33. The Morgan fingerprint density at radius 3 is 2.35 bits per heavy atom. The zero-order chi connectivity index (χ0) is 24.7. The van der Waals surface area contributed by atoms with Crippen LogP contribution in [0, 0.1) is 12.8 Å². The van der Waals surface area contributed by atoms with E-state index in [1.54, 1.807) is 0 Å². The lowest BCUT2D eigenvalue weighted by molar-refractivity contribution is -0.132. The fourth-order valence-electron chi connectivity index (χ4n) is 4.95. The summed E-state index contributed by atoms with van der Waals surface area (Å²) in [5, 5.41) is 0. The van der Waals surface area contributed by atoms with Crippen molar-refractivity contribution < 1.29 is 14.3 Å². The van der Waals surface area contributed by atoms with Crippen LogP contribution >= 0.6 is 0 Å². The number of ether oxygens (including phenoxy) is 2. The summed E-state index contributed by atoms with van der Waals surface area (Å²) >= 11 is 0. The minimum absolute atomic E-state index is 0.0299. The van der Waals surface area contributed by atoms with E-state index in [1.807, 2.05) is 37.8 Å². The number of benzene rings is 2. The molecule has 2 atom stereocenters. The minimum atomic E-state index is 0.0299. The van der Waals surface area contributed by atoms with Crippen molar-refractivity contribution in [1.82, 2.24) is 4.90 Å². The predicted molar refractivity (Wildman–Crippen MR) is 139 cm³/mol. The lowest BCUT2D eigenvalue weighted by Crippen LogP contribution is -2.43.